The summed E-state index contributed by atoms with van der Waals surface area (Å²) in [6.45, 7) is 10.2. The molecule has 1 aromatic rings. The standard InChI is InChI=1S/C20H34FN5.HI/c1-17(2)24(4)12-6-5-11-23-20(22-3)26-15-13-25(14-16-26)19-9-7-18(21)8-10-19;/h7-10,17H,5-6,11-16H2,1-4H3,(H,22,23);1H. The van der Waals surface area contributed by atoms with Crippen LogP contribution in [0.1, 0.15) is 26.7 Å². The average Bonchev–Trinajstić information content (AvgIpc) is 2.65. The van der Waals surface area contributed by atoms with Crippen molar-refractivity contribution in [3.05, 3.63) is 30.1 Å². The van der Waals surface area contributed by atoms with Crippen molar-refractivity contribution in [2.24, 2.45) is 4.99 Å². The van der Waals surface area contributed by atoms with E-state index in [0.717, 1.165) is 57.3 Å². The molecule has 0 unspecified atom stereocenters. The SMILES string of the molecule is CN=C(NCCCCN(C)C(C)C)N1CCN(c2ccc(F)cc2)CC1.I. The predicted octanol–water partition coefficient (Wildman–Crippen LogP) is 3.26. The quantitative estimate of drug-likeness (QED) is 0.275. The van der Waals surface area contributed by atoms with Gasteiger partial charge in [-0.25, -0.2) is 4.39 Å². The van der Waals surface area contributed by atoms with Crippen LogP contribution in [0.5, 0.6) is 0 Å². The lowest BCUT2D eigenvalue weighted by Crippen LogP contribution is -2.52. The van der Waals surface area contributed by atoms with E-state index in [1.165, 1.54) is 18.6 Å². The number of nitrogens with one attached hydrogen (secondary N) is 1. The Morgan fingerprint density at radius 2 is 1.78 bits per heavy atom. The van der Waals surface area contributed by atoms with Crippen molar-refractivity contribution in [1.29, 1.82) is 0 Å². The fourth-order valence-corrected chi connectivity index (χ4v) is 3.11. The van der Waals surface area contributed by atoms with Gasteiger partial charge in [-0.05, 0) is 64.5 Å². The third kappa shape index (κ3) is 7.81. The Morgan fingerprint density at radius 3 is 2.33 bits per heavy atom. The highest BCUT2D eigenvalue weighted by molar-refractivity contribution is 14.0. The first-order chi connectivity index (χ1) is 12.5. The van der Waals surface area contributed by atoms with E-state index < -0.39 is 0 Å². The Hall–Kier alpha value is -1.09. The van der Waals surface area contributed by atoms with E-state index in [0.29, 0.717) is 6.04 Å². The number of hydrogen-bond donors (Lipinski definition) is 1. The number of piperazine rings is 1. The summed E-state index contributed by atoms with van der Waals surface area (Å²) in [5, 5.41) is 3.49. The maximum absolute atomic E-state index is 13.1. The predicted molar refractivity (Wildman–Crippen MR) is 124 cm³/mol. The summed E-state index contributed by atoms with van der Waals surface area (Å²) in [5.74, 6) is 0.803. The molecule has 0 amide bonds. The normalized spacial score (nSPS) is 15.3. The topological polar surface area (TPSA) is 34.1 Å². The zero-order chi connectivity index (χ0) is 18.9. The van der Waals surface area contributed by atoms with Crippen molar-refractivity contribution in [2.45, 2.75) is 32.7 Å². The van der Waals surface area contributed by atoms with E-state index in [9.17, 15) is 4.39 Å². The van der Waals surface area contributed by atoms with Crippen molar-refractivity contribution in [3.63, 3.8) is 0 Å². The van der Waals surface area contributed by atoms with Crippen LogP contribution in [0.3, 0.4) is 0 Å². The molecule has 0 aliphatic carbocycles. The number of nitrogens with zero attached hydrogens (tertiary/aromatic N) is 4. The van der Waals surface area contributed by atoms with Gasteiger partial charge in [-0.15, -0.1) is 24.0 Å². The molecule has 154 valence electrons. The van der Waals surface area contributed by atoms with Crippen LogP contribution in [-0.4, -0.2) is 75.2 Å². The molecule has 0 saturated carbocycles. The van der Waals surface area contributed by atoms with E-state index in [1.54, 1.807) is 0 Å². The molecule has 27 heavy (non-hydrogen) atoms. The molecule has 0 radical (unpaired) electrons. The number of hydrogen-bond acceptors (Lipinski definition) is 3. The molecular weight excluding hydrogens is 456 g/mol. The fraction of sp³-hybridized carbons (Fsp3) is 0.650. The first-order valence-corrected chi connectivity index (χ1v) is 9.67. The molecule has 7 heteroatoms. The largest absolute Gasteiger partial charge is 0.368 e. The molecule has 1 aromatic carbocycles. The van der Waals surface area contributed by atoms with Gasteiger partial charge in [0.05, 0.1) is 0 Å². The lowest BCUT2D eigenvalue weighted by Gasteiger charge is -2.37. The van der Waals surface area contributed by atoms with Gasteiger partial charge in [0.2, 0.25) is 0 Å². The lowest BCUT2D eigenvalue weighted by molar-refractivity contribution is 0.268. The van der Waals surface area contributed by atoms with Crippen LogP contribution in [0.2, 0.25) is 0 Å². The minimum Gasteiger partial charge on any atom is -0.368 e. The molecule has 0 bridgehead atoms. The molecule has 0 atom stereocenters. The molecule has 1 heterocycles. The van der Waals surface area contributed by atoms with Gasteiger partial charge >= 0.3 is 0 Å². The Labute approximate surface area is 181 Å². The van der Waals surface area contributed by atoms with Gasteiger partial charge < -0.3 is 20.0 Å². The van der Waals surface area contributed by atoms with Crippen LogP contribution < -0.4 is 10.2 Å². The lowest BCUT2D eigenvalue weighted by atomic mass is 10.2. The van der Waals surface area contributed by atoms with E-state index in [1.807, 2.05) is 19.2 Å². The molecule has 1 saturated heterocycles. The van der Waals surface area contributed by atoms with Crippen LogP contribution >= 0.6 is 24.0 Å². The highest BCUT2D eigenvalue weighted by Crippen LogP contribution is 2.16. The summed E-state index contributed by atoms with van der Waals surface area (Å²) < 4.78 is 13.1. The van der Waals surface area contributed by atoms with Crippen molar-refractivity contribution < 1.29 is 4.39 Å². The van der Waals surface area contributed by atoms with E-state index >= 15 is 0 Å². The van der Waals surface area contributed by atoms with Crippen LogP contribution in [-0.2, 0) is 0 Å². The second kappa shape index (κ2) is 12.4. The maximum Gasteiger partial charge on any atom is 0.193 e. The number of aliphatic imine (C=N–C) groups is 1. The highest BCUT2D eigenvalue weighted by Gasteiger charge is 2.19. The second-order valence-electron chi connectivity index (χ2n) is 7.21. The summed E-state index contributed by atoms with van der Waals surface area (Å²) in [6.07, 6.45) is 2.34. The van der Waals surface area contributed by atoms with Gasteiger partial charge in [-0.1, -0.05) is 0 Å². The van der Waals surface area contributed by atoms with Gasteiger partial charge in [-0.3, -0.25) is 4.99 Å². The molecule has 0 spiro atoms. The summed E-state index contributed by atoms with van der Waals surface area (Å²) in [6, 6.07) is 7.36. The van der Waals surface area contributed by atoms with E-state index in [2.05, 4.69) is 45.9 Å². The Balaban J connectivity index is 0.00000364. The minimum atomic E-state index is -0.184. The average molecular weight is 491 g/mol. The van der Waals surface area contributed by atoms with Crippen molar-refractivity contribution in [3.8, 4) is 0 Å². The monoisotopic (exact) mass is 491 g/mol. The molecular formula is C20H35FIN5. The van der Waals surface area contributed by atoms with E-state index in [4.69, 9.17) is 0 Å². The second-order valence-corrected chi connectivity index (χ2v) is 7.21. The molecule has 1 fully saturated rings. The molecule has 5 nitrogen and oxygen atoms in total. The molecule has 1 aliphatic heterocycles. The van der Waals surface area contributed by atoms with Crippen molar-refractivity contribution in [2.75, 3.05) is 58.3 Å². The van der Waals surface area contributed by atoms with Gasteiger partial charge in [0.15, 0.2) is 5.96 Å². The summed E-state index contributed by atoms with van der Waals surface area (Å²) in [4.78, 5) is 11.4. The number of halogens is 2. The Bertz CT molecular complexity index is 556. The Kier molecular flexibility index (Phi) is 11.0. The van der Waals surface area contributed by atoms with Crippen LogP contribution in [0.4, 0.5) is 10.1 Å². The number of unbranched alkanes of at least 4 members (excludes halogenated alkanes) is 1. The van der Waals surface area contributed by atoms with Gasteiger partial charge in [0, 0.05) is 51.5 Å². The third-order valence-electron chi connectivity index (χ3n) is 5.09. The van der Waals surface area contributed by atoms with Crippen LogP contribution in [0.15, 0.2) is 29.3 Å². The van der Waals surface area contributed by atoms with Gasteiger partial charge in [0.25, 0.3) is 0 Å². The number of anilines is 1. The Morgan fingerprint density at radius 1 is 1.15 bits per heavy atom. The maximum atomic E-state index is 13.1. The van der Waals surface area contributed by atoms with Crippen molar-refractivity contribution >= 4 is 35.6 Å². The summed E-state index contributed by atoms with van der Waals surface area (Å²) >= 11 is 0. The first-order valence-electron chi connectivity index (χ1n) is 9.67. The highest BCUT2D eigenvalue weighted by atomic mass is 127. The zero-order valence-electron chi connectivity index (χ0n) is 17.1. The molecule has 0 aromatic heterocycles. The minimum absolute atomic E-state index is 0. The van der Waals surface area contributed by atoms with Crippen LogP contribution in [0, 0.1) is 5.82 Å². The molecule has 1 N–H and O–H groups in total. The van der Waals surface area contributed by atoms with Crippen molar-refractivity contribution in [1.82, 2.24) is 15.1 Å². The fourth-order valence-electron chi connectivity index (χ4n) is 3.11. The number of rotatable bonds is 7. The number of guanidine groups is 1. The summed E-state index contributed by atoms with van der Waals surface area (Å²) in [5.41, 5.74) is 1.09. The van der Waals surface area contributed by atoms with Gasteiger partial charge in [-0.2, -0.15) is 0 Å². The summed E-state index contributed by atoms with van der Waals surface area (Å²) in [7, 11) is 4.03. The first kappa shape index (κ1) is 23.9. The molecule has 2 rings (SSSR count). The third-order valence-corrected chi connectivity index (χ3v) is 5.09. The molecule has 1 aliphatic rings. The number of benzene rings is 1. The van der Waals surface area contributed by atoms with Gasteiger partial charge in [0.1, 0.15) is 5.82 Å². The van der Waals surface area contributed by atoms with Crippen LogP contribution in [0.25, 0.3) is 0 Å². The smallest absolute Gasteiger partial charge is 0.193 e. The zero-order valence-corrected chi connectivity index (χ0v) is 19.4. The van der Waals surface area contributed by atoms with E-state index in [-0.39, 0.29) is 29.8 Å².